The predicted molar refractivity (Wildman–Crippen MR) is 82.9 cm³/mol. The van der Waals surface area contributed by atoms with Gasteiger partial charge in [0, 0.05) is 25.3 Å². The molecule has 5 nitrogen and oxygen atoms in total. The molecule has 1 aliphatic heterocycles. The zero-order valence-electron chi connectivity index (χ0n) is 13.2. The molecule has 116 valence electrons. The molecule has 2 rings (SSSR count). The van der Waals surface area contributed by atoms with Crippen molar-refractivity contribution in [2.24, 2.45) is 0 Å². The normalized spacial score (nSPS) is 15.8. The summed E-state index contributed by atoms with van der Waals surface area (Å²) >= 11 is 0. The molecule has 0 saturated carbocycles. The molecule has 0 atom stereocenters. The molecule has 0 bridgehead atoms. The van der Waals surface area contributed by atoms with Crippen LogP contribution in [0.15, 0.2) is 0 Å². The van der Waals surface area contributed by atoms with Gasteiger partial charge in [-0.1, -0.05) is 6.92 Å². The smallest absolute Gasteiger partial charge is 0.256 e. The second-order valence-electron chi connectivity index (χ2n) is 5.78. The highest BCUT2D eigenvalue weighted by molar-refractivity contribution is 5.99. The minimum absolute atomic E-state index is 0.0658. The molecule has 1 aromatic heterocycles. The van der Waals surface area contributed by atoms with Crippen LogP contribution in [0.4, 0.5) is 0 Å². The summed E-state index contributed by atoms with van der Waals surface area (Å²) in [4.78, 5) is 31.2. The second kappa shape index (κ2) is 6.89. The summed E-state index contributed by atoms with van der Waals surface area (Å²) in [6.07, 6.45) is 3.70. The standard InChI is InChI=1S/C16H25N3O2/c1-4-18(3)9-10-19-8-6-5-7-13-15(16(19)21)12(2)14(11-20)17-13/h11,17H,4-10H2,1-3H3. The first-order valence-corrected chi connectivity index (χ1v) is 7.72. The van der Waals surface area contributed by atoms with Crippen LogP contribution in [0.5, 0.6) is 0 Å². The summed E-state index contributed by atoms with van der Waals surface area (Å²) in [7, 11) is 2.06. The van der Waals surface area contributed by atoms with Crippen molar-refractivity contribution in [2.45, 2.75) is 33.1 Å². The molecule has 2 heterocycles. The maximum absolute atomic E-state index is 12.8. The fourth-order valence-corrected chi connectivity index (χ4v) is 2.80. The minimum atomic E-state index is 0.0658. The van der Waals surface area contributed by atoms with Gasteiger partial charge in [0.05, 0.1) is 11.3 Å². The molecule has 0 unspecified atom stereocenters. The number of carbonyl (C=O) groups is 2. The lowest BCUT2D eigenvalue weighted by Crippen LogP contribution is -2.39. The molecule has 1 aromatic rings. The molecule has 21 heavy (non-hydrogen) atoms. The van der Waals surface area contributed by atoms with Gasteiger partial charge in [-0.3, -0.25) is 9.59 Å². The number of nitrogens with one attached hydrogen (secondary N) is 1. The van der Waals surface area contributed by atoms with E-state index in [4.69, 9.17) is 0 Å². The van der Waals surface area contributed by atoms with Gasteiger partial charge in [-0.2, -0.15) is 0 Å². The van der Waals surface area contributed by atoms with Crippen LogP contribution in [0.1, 0.15) is 51.9 Å². The molecule has 0 saturated heterocycles. The van der Waals surface area contributed by atoms with E-state index in [9.17, 15) is 9.59 Å². The van der Waals surface area contributed by atoms with Crippen molar-refractivity contribution in [1.82, 2.24) is 14.8 Å². The number of likely N-dealkylation sites (N-methyl/N-ethyl adjacent to an activating group) is 1. The van der Waals surface area contributed by atoms with Crippen molar-refractivity contribution in [1.29, 1.82) is 0 Å². The first-order valence-electron chi connectivity index (χ1n) is 7.72. The highest BCUT2D eigenvalue weighted by Crippen LogP contribution is 2.23. The van der Waals surface area contributed by atoms with E-state index < -0.39 is 0 Å². The first kappa shape index (κ1) is 15.8. The Morgan fingerprint density at radius 1 is 1.38 bits per heavy atom. The molecule has 0 fully saturated rings. The van der Waals surface area contributed by atoms with Gasteiger partial charge in [0.15, 0.2) is 6.29 Å². The fraction of sp³-hybridized carbons (Fsp3) is 0.625. The number of carbonyl (C=O) groups excluding carboxylic acids is 2. The van der Waals surface area contributed by atoms with E-state index in [-0.39, 0.29) is 5.91 Å². The number of aryl methyl sites for hydroxylation is 1. The molecule has 1 amide bonds. The monoisotopic (exact) mass is 291 g/mol. The SMILES string of the molecule is CCN(C)CCN1CCCCc2[nH]c(C=O)c(C)c2C1=O. The molecule has 1 N–H and O–H groups in total. The number of rotatable bonds is 5. The van der Waals surface area contributed by atoms with E-state index in [1.54, 1.807) is 0 Å². The van der Waals surface area contributed by atoms with Crippen LogP contribution >= 0.6 is 0 Å². The molecule has 0 spiro atoms. The molecule has 0 aliphatic carbocycles. The van der Waals surface area contributed by atoms with Crippen LogP contribution in [0.3, 0.4) is 0 Å². The number of H-pyrrole nitrogens is 1. The van der Waals surface area contributed by atoms with Gasteiger partial charge in [-0.15, -0.1) is 0 Å². The van der Waals surface area contributed by atoms with E-state index in [1.165, 1.54) is 0 Å². The lowest BCUT2D eigenvalue weighted by atomic mass is 10.0. The zero-order valence-corrected chi connectivity index (χ0v) is 13.2. The van der Waals surface area contributed by atoms with Crippen molar-refractivity contribution in [3.63, 3.8) is 0 Å². The quantitative estimate of drug-likeness (QED) is 0.843. The molecule has 0 radical (unpaired) electrons. The summed E-state index contributed by atoms with van der Waals surface area (Å²) < 4.78 is 0. The summed E-state index contributed by atoms with van der Waals surface area (Å²) in [5, 5.41) is 0. The van der Waals surface area contributed by atoms with Crippen LogP contribution in [0, 0.1) is 6.92 Å². The topological polar surface area (TPSA) is 56.4 Å². The highest BCUT2D eigenvalue weighted by atomic mass is 16.2. The molecule has 1 aliphatic rings. The van der Waals surface area contributed by atoms with Crippen LogP contribution in [0.2, 0.25) is 0 Å². The van der Waals surface area contributed by atoms with Gasteiger partial charge in [-0.05, 0) is 45.3 Å². The molecule has 5 heteroatoms. The lowest BCUT2D eigenvalue weighted by molar-refractivity contribution is 0.0732. The largest absolute Gasteiger partial charge is 0.355 e. The maximum Gasteiger partial charge on any atom is 0.256 e. The van der Waals surface area contributed by atoms with Gasteiger partial charge in [0.2, 0.25) is 0 Å². The van der Waals surface area contributed by atoms with Gasteiger partial charge in [0.25, 0.3) is 5.91 Å². The summed E-state index contributed by atoms with van der Waals surface area (Å²) in [5.41, 5.74) is 2.98. The number of aromatic amines is 1. The third kappa shape index (κ3) is 3.35. The summed E-state index contributed by atoms with van der Waals surface area (Å²) in [6, 6.07) is 0. The molecule has 0 aromatic carbocycles. The van der Waals surface area contributed by atoms with Crippen molar-refractivity contribution in [3.05, 3.63) is 22.5 Å². The van der Waals surface area contributed by atoms with Gasteiger partial charge in [-0.25, -0.2) is 0 Å². The van der Waals surface area contributed by atoms with Crippen molar-refractivity contribution in [2.75, 3.05) is 33.2 Å². The van der Waals surface area contributed by atoms with E-state index in [1.807, 2.05) is 11.8 Å². The minimum Gasteiger partial charge on any atom is -0.355 e. The number of amides is 1. The Kier molecular flexibility index (Phi) is 5.17. The average Bonchev–Trinajstić information content (AvgIpc) is 2.79. The fourth-order valence-electron chi connectivity index (χ4n) is 2.80. The number of aromatic nitrogens is 1. The van der Waals surface area contributed by atoms with Crippen molar-refractivity contribution >= 4 is 12.2 Å². The third-order valence-electron chi connectivity index (χ3n) is 4.38. The van der Waals surface area contributed by atoms with Crippen molar-refractivity contribution < 1.29 is 9.59 Å². The van der Waals surface area contributed by atoms with Gasteiger partial charge >= 0.3 is 0 Å². The molecular formula is C16H25N3O2. The third-order valence-corrected chi connectivity index (χ3v) is 4.38. The van der Waals surface area contributed by atoms with E-state index >= 15 is 0 Å². The van der Waals surface area contributed by atoms with Gasteiger partial charge in [0.1, 0.15) is 0 Å². The Hall–Kier alpha value is -1.62. The van der Waals surface area contributed by atoms with Crippen LogP contribution in [-0.4, -0.2) is 60.2 Å². The van der Waals surface area contributed by atoms with E-state index in [0.29, 0.717) is 5.69 Å². The first-order chi connectivity index (χ1) is 10.1. The number of hydrogen-bond acceptors (Lipinski definition) is 3. The average molecular weight is 291 g/mol. The maximum atomic E-state index is 12.8. The predicted octanol–water partition coefficient (Wildman–Crippen LogP) is 1.87. The molecular weight excluding hydrogens is 266 g/mol. The number of hydrogen-bond donors (Lipinski definition) is 1. The van der Waals surface area contributed by atoms with E-state index in [0.717, 1.165) is 68.5 Å². The Bertz CT molecular complexity index is 522. The summed E-state index contributed by atoms with van der Waals surface area (Å²) in [5.74, 6) is 0.0658. The lowest BCUT2D eigenvalue weighted by Gasteiger charge is -2.27. The second-order valence-corrected chi connectivity index (χ2v) is 5.78. The Morgan fingerprint density at radius 3 is 2.81 bits per heavy atom. The van der Waals surface area contributed by atoms with Gasteiger partial charge < -0.3 is 14.8 Å². The Morgan fingerprint density at radius 2 is 2.14 bits per heavy atom. The number of aldehydes is 1. The number of nitrogens with zero attached hydrogens (tertiary/aromatic N) is 2. The van der Waals surface area contributed by atoms with Crippen LogP contribution in [-0.2, 0) is 6.42 Å². The Labute approximate surface area is 126 Å². The zero-order chi connectivity index (χ0) is 15.4. The highest BCUT2D eigenvalue weighted by Gasteiger charge is 2.26. The van der Waals surface area contributed by atoms with Crippen molar-refractivity contribution in [3.8, 4) is 0 Å². The van der Waals surface area contributed by atoms with E-state index in [2.05, 4.69) is 23.9 Å². The Balaban J connectivity index is 2.24. The summed E-state index contributed by atoms with van der Waals surface area (Å²) in [6.45, 7) is 7.36. The van der Waals surface area contributed by atoms with Crippen LogP contribution in [0.25, 0.3) is 0 Å². The van der Waals surface area contributed by atoms with Crippen LogP contribution < -0.4 is 0 Å². The number of fused-ring (bicyclic) bond motifs is 1.